The molecule has 1 aromatic rings. The summed E-state index contributed by atoms with van der Waals surface area (Å²) >= 11 is 5.99. The molecule has 0 amide bonds. The van der Waals surface area contributed by atoms with Crippen LogP contribution < -0.4 is 4.74 Å². The number of nitro benzene ring substituents is 1. The van der Waals surface area contributed by atoms with Crippen LogP contribution in [0, 0.1) is 17.0 Å². The first-order valence-electron chi connectivity index (χ1n) is 8.27. The third-order valence-electron chi connectivity index (χ3n) is 3.45. The Bertz CT molecular complexity index is 709. The molecular formula is C18H24ClNO6. The number of unbranched alkanes of at least 4 members (excludes halogenated alkanes) is 1. The second-order valence-electron chi connectivity index (χ2n) is 6.91. The van der Waals surface area contributed by atoms with Crippen molar-refractivity contribution < 1.29 is 24.0 Å². The van der Waals surface area contributed by atoms with Crippen LogP contribution in [0.15, 0.2) is 6.07 Å². The number of ether oxygens (including phenoxy) is 2. The van der Waals surface area contributed by atoms with Crippen LogP contribution >= 0.6 is 11.6 Å². The highest BCUT2D eigenvalue weighted by Gasteiger charge is 2.27. The minimum atomic E-state index is -0.607. The summed E-state index contributed by atoms with van der Waals surface area (Å²) in [4.78, 5) is 34.2. The molecule has 0 atom stereocenters. The lowest BCUT2D eigenvalue weighted by Gasteiger charge is -2.19. The molecule has 0 aromatic heterocycles. The van der Waals surface area contributed by atoms with Crippen molar-refractivity contribution in [3.63, 3.8) is 0 Å². The van der Waals surface area contributed by atoms with Crippen molar-refractivity contribution in [1.29, 1.82) is 0 Å². The van der Waals surface area contributed by atoms with Gasteiger partial charge in [0.05, 0.1) is 22.1 Å². The number of carbonyl (C=O) groups excluding carboxylic acids is 2. The van der Waals surface area contributed by atoms with Gasteiger partial charge in [0.1, 0.15) is 5.60 Å². The largest absolute Gasteiger partial charge is 0.486 e. The Hall–Kier alpha value is -2.15. The summed E-state index contributed by atoms with van der Waals surface area (Å²) in [5.41, 5.74) is -0.537. The van der Waals surface area contributed by atoms with E-state index < -0.39 is 10.5 Å². The molecule has 26 heavy (non-hydrogen) atoms. The smallest absolute Gasteiger partial charge is 0.316 e. The predicted molar refractivity (Wildman–Crippen MR) is 98.0 cm³/mol. The molecule has 1 aromatic carbocycles. The summed E-state index contributed by atoms with van der Waals surface area (Å²) in [6.45, 7) is 8.29. The SMILES string of the molecule is CC(=O)c1cc(Cl)c(C)c([N+](=O)[O-])c1OCCCCC(=O)OC(C)(C)C. The zero-order chi connectivity index (χ0) is 20.1. The molecule has 8 heteroatoms. The molecule has 1 rings (SSSR count). The second-order valence-corrected chi connectivity index (χ2v) is 7.32. The molecule has 0 unspecified atom stereocenters. The van der Waals surface area contributed by atoms with E-state index in [0.717, 1.165) is 0 Å². The van der Waals surface area contributed by atoms with E-state index in [4.69, 9.17) is 21.1 Å². The number of ketones is 1. The summed E-state index contributed by atoms with van der Waals surface area (Å²) in [5, 5.41) is 11.5. The Morgan fingerprint density at radius 3 is 2.38 bits per heavy atom. The first-order chi connectivity index (χ1) is 11.9. The van der Waals surface area contributed by atoms with Crippen molar-refractivity contribution in [3.05, 3.63) is 32.3 Å². The van der Waals surface area contributed by atoms with E-state index in [2.05, 4.69) is 0 Å². The molecule has 0 saturated carbocycles. The third-order valence-corrected chi connectivity index (χ3v) is 3.84. The molecule has 0 bridgehead atoms. The van der Waals surface area contributed by atoms with E-state index in [1.54, 1.807) is 20.8 Å². The van der Waals surface area contributed by atoms with Crippen molar-refractivity contribution in [2.24, 2.45) is 0 Å². The van der Waals surface area contributed by atoms with Gasteiger partial charge in [0, 0.05) is 12.0 Å². The van der Waals surface area contributed by atoms with Crippen LogP contribution in [-0.2, 0) is 9.53 Å². The standard InChI is InChI=1S/C18H24ClNO6/c1-11-14(19)10-13(12(2)21)17(16(11)20(23)24)25-9-7-6-8-15(22)26-18(3,4)5/h10H,6-9H2,1-5H3. The molecule has 0 saturated heterocycles. The minimum Gasteiger partial charge on any atom is -0.486 e. The van der Waals surface area contributed by atoms with E-state index in [1.165, 1.54) is 19.9 Å². The zero-order valence-corrected chi connectivity index (χ0v) is 16.4. The van der Waals surface area contributed by atoms with Crippen LogP contribution in [0.5, 0.6) is 5.75 Å². The number of carbonyl (C=O) groups is 2. The number of nitrogens with zero attached hydrogens (tertiary/aromatic N) is 1. The first-order valence-corrected chi connectivity index (χ1v) is 8.65. The van der Waals surface area contributed by atoms with E-state index >= 15 is 0 Å². The van der Waals surface area contributed by atoms with Gasteiger partial charge in [-0.1, -0.05) is 11.6 Å². The van der Waals surface area contributed by atoms with Gasteiger partial charge in [0.25, 0.3) is 0 Å². The Balaban J connectivity index is 2.78. The van der Waals surface area contributed by atoms with Gasteiger partial charge in [0.15, 0.2) is 5.78 Å². The number of rotatable bonds is 8. The summed E-state index contributed by atoms with van der Waals surface area (Å²) in [6.07, 6.45) is 1.21. The van der Waals surface area contributed by atoms with Gasteiger partial charge in [-0.05, 0) is 53.5 Å². The molecule has 0 heterocycles. The molecule has 0 aliphatic rings. The van der Waals surface area contributed by atoms with E-state index in [1.807, 2.05) is 0 Å². The topological polar surface area (TPSA) is 95.7 Å². The summed E-state index contributed by atoms with van der Waals surface area (Å²) < 4.78 is 10.7. The van der Waals surface area contributed by atoms with Gasteiger partial charge in [-0.3, -0.25) is 19.7 Å². The highest BCUT2D eigenvalue weighted by Crippen LogP contribution is 2.39. The average molecular weight is 386 g/mol. The number of nitro groups is 1. The minimum absolute atomic E-state index is 0.0689. The Morgan fingerprint density at radius 2 is 1.88 bits per heavy atom. The van der Waals surface area contributed by atoms with Crippen molar-refractivity contribution in [1.82, 2.24) is 0 Å². The number of benzene rings is 1. The van der Waals surface area contributed by atoms with Crippen molar-refractivity contribution in [3.8, 4) is 5.75 Å². The zero-order valence-electron chi connectivity index (χ0n) is 15.7. The maximum atomic E-state index is 11.8. The molecule has 0 aliphatic carbocycles. The van der Waals surface area contributed by atoms with Crippen LogP contribution in [0.3, 0.4) is 0 Å². The molecule has 0 radical (unpaired) electrons. The van der Waals surface area contributed by atoms with Gasteiger partial charge < -0.3 is 9.47 Å². The van der Waals surface area contributed by atoms with E-state index in [0.29, 0.717) is 12.8 Å². The summed E-state index contributed by atoms with van der Waals surface area (Å²) in [6, 6.07) is 1.38. The first kappa shape index (κ1) is 21.9. The fraction of sp³-hybridized carbons (Fsp3) is 0.556. The van der Waals surface area contributed by atoms with Crippen LogP contribution in [0.4, 0.5) is 5.69 Å². The van der Waals surface area contributed by atoms with E-state index in [-0.39, 0.29) is 52.4 Å². The highest BCUT2D eigenvalue weighted by atomic mass is 35.5. The van der Waals surface area contributed by atoms with Gasteiger partial charge in [0.2, 0.25) is 5.75 Å². The fourth-order valence-electron chi connectivity index (χ4n) is 2.28. The predicted octanol–water partition coefficient (Wildman–Crippen LogP) is 4.65. The normalized spacial score (nSPS) is 11.2. The van der Waals surface area contributed by atoms with Crippen LogP contribution in [0.25, 0.3) is 0 Å². The van der Waals surface area contributed by atoms with Crippen LogP contribution in [-0.4, -0.2) is 28.9 Å². The number of hydrogen-bond acceptors (Lipinski definition) is 6. The molecule has 0 N–H and O–H groups in total. The number of hydrogen-bond donors (Lipinski definition) is 0. The lowest BCUT2D eigenvalue weighted by molar-refractivity contribution is -0.386. The van der Waals surface area contributed by atoms with Gasteiger partial charge in [-0.25, -0.2) is 0 Å². The molecule has 0 aliphatic heterocycles. The molecule has 7 nitrogen and oxygen atoms in total. The molecular weight excluding hydrogens is 362 g/mol. The van der Waals surface area contributed by atoms with Crippen LogP contribution in [0.2, 0.25) is 5.02 Å². The number of esters is 1. The maximum Gasteiger partial charge on any atom is 0.316 e. The molecule has 0 spiro atoms. The van der Waals surface area contributed by atoms with Gasteiger partial charge in [-0.2, -0.15) is 0 Å². The van der Waals surface area contributed by atoms with Crippen molar-refractivity contribution in [2.45, 2.75) is 59.5 Å². The monoisotopic (exact) mass is 385 g/mol. The third kappa shape index (κ3) is 6.29. The van der Waals surface area contributed by atoms with Gasteiger partial charge >= 0.3 is 11.7 Å². The van der Waals surface area contributed by atoms with Crippen molar-refractivity contribution in [2.75, 3.05) is 6.61 Å². The Morgan fingerprint density at radius 1 is 1.27 bits per heavy atom. The quantitative estimate of drug-likeness (QED) is 0.212. The lowest BCUT2D eigenvalue weighted by atomic mass is 10.1. The average Bonchev–Trinajstić information content (AvgIpc) is 2.47. The van der Waals surface area contributed by atoms with Crippen LogP contribution in [0.1, 0.15) is 62.9 Å². The maximum absolute atomic E-state index is 11.8. The molecule has 144 valence electrons. The second kappa shape index (κ2) is 8.98. The summed E-state index contributed by atoms with van der Waals surface area (Å²) in [7, 11) is 0. The lowest BCUT2D eigenvalue weighted by Crippen LogP contribution is -2.23. The van der Waals surface area contributed by atoms with E-state index in [9.17, 15) is 19.7 Å². The summed E-state index contributed by atoms with van der Waals surface area (Å²) in [5.74, 6) is -0.768. The van der Waals surface area contributed by atoms with Crippen molar-refractivity contribution >= 4 is 29.0 Å². The fourth-order valence-corrected chi connectivity index (χ4v) is 2.48. The number of Topliss-reactive ketones (excluding diaryl/α,β-unsaturated/α-hetero) is 1. The molecule has 0 fully saturated rings. The Labute approximate surface area is 157 Å². The Kier molecular flexibility index (Phi) is 7.56. The highest BCUT2D eigenvalue weighted by molar-refractivity contribution is 6.32. The number of halogens is 1. The van der Waals surface area contributed by atoms with Gasteiger partial charge in [-0.15, -0.1) is 0 Å².